The van der Waals surface area contributed by atoms with E-state index >= 15 is 0 Å². The molecule has 1 rings (SSSR count). The largest absolute Gasteiger partial charge is 0.416 e. The lowest BCUT2D eigenvalue weighted by molar-refractivity contribution is -0.140. The normalized spacial score (nSPS) is 15.5. The number of hydrogen-bond acceptors (Lipinski definition) is 2. The van der Waals surface area contributed by atoms with Crippen LogP contribution in [0.25, 0.3) is 0 Å². The van der Waals surface area contributed by atoms with Gasteiger partial charge in [0.2, 0.25) is 0 Å². The lowest BCUT2D eigenvalue weighted by atomic mass is 9.97. The minimum absolute atomic E-state index is 0.161. The number of alkyl halides is 4. The molecule has 0 saturated carbocycles. The molecule has 2 N–H and O–H groups in total. The van der Waals surface area contributed by atoms with Crippen molar-refractivity contribution >= 4 is 31.9 Å². The first kappa shape index (κ1) is 15.9. The van der Waals surface area contributed by atoms with Crippen molar-refractivity contribution in [2.24, 2.45) is 0 Å². The predicted molar refractivity (Wildman–Crippen MR) is 68.5 cm³/mol. The fourth-order valence-corrected chi connectivity index (χ4v) is 2.34. The van der Waals surface area contributed by atoms with Crippen LogP contribution < -0.4 is 0 Å². The predicted octanol–water partition coefficient (Wildman–Crippen LogP) is 3.65. The van der Waals surface area contributed by atoms with E-state index in [1.807, 2.05) is 0 Å². The van der Waals surface area contributed by atoms with E-state index in [0.29, 0.717) is 5.33 Å². The van der Waals surface area contributed by atoms with E-state index in [1.54, 1.807) is 0 Å². The first-order chi connectivity index (χ1) is 8.27. The summed E-state index contributed by atoms with van der Waals surface area (Å²) in [4.78, 5) is 0. The van der Waals surface area contributed by atoms with Crippen molar-refractivity contribution in [2.75, 3.05) is 5.33 Å². The Labute approximate surface area is 119 Å². The maximum atomic E-state index is 12.8. The number of halogens is 5. The van der Waals surface area contributed by atoms with Crippen LogP contribution in [0.15, 0.2) is 22.7 Å². The van der Waals surface area contributed by atoms with Gasteiger partial charge in [0.1, 0.15) is 6.10 Å². The smallest absolute Gasteiger partial charge is 0.390 e. The quantitative estimate of drug-likeness (QED) is 0.769. The number of aliphatic hydroxyl groups excluding tert-OH is 2. The molecule has 0 bridgehead atoms. The highest BCUT2D eigenvalue weighted by atomic mass is 79.9. The Balaban J connectivity index is 3.15. The van der Waals surface area contributed by atoms with Crippen LogP contribution >= 0.6 is 31.9 Å². The van der Waals surface area contributed by atoms with Crippen molar-refractivity contribution in [1.82, 2.24) is 0 Å². The Bertz CT molecular complexity index is 410. The Morgan fingerprint density at radius 3 is 2.33 bits per heavy atom. The highest BCUT2D eigenvalue weighted by Crippen LogP contribution is 2.37. The number of rotatable bonds is 4. The van der Waals surface area contributed by atoms with Crippen LogP contribution in [0, 0.1) is 0 Å². The standard InChI is InChI=1S/C11H11Br2F3O2/c12-4-3-9(17)10(18)7-2-1-6(13)5-8(7)11(14,15)16/h1-2,5,9-10,17-18H,3-4H2. The zero-order valence-electron chi connectivity index (χ0n) is 9.09. The van der Waals surface area contributed by atoms with Gasteiger partial charge in [-0.2, -0.15) is 13.2 Å². The molecule has 102 valence electrons. The van der Waals surface area contributed by atoms with E-state index in [-0.39, 0.29) is 16.5 Å². The van der Waals surface area contributed by atoms with E-state index in [4.69, 9.17) is 0 Å². The van der Waals surface area contributed by atoms with Gasteiger partial charge >= 0.3 is 6.18 Å². The van der Waals surface area contributed by atoms with Gasteiger partial charge in [-0.25, -0.2) is 0 Å². The molecule has 2 nitrogen and oxygen atoms in total. The van der Waals surface area contributed by atoms with Gasteiger partial charge in [-0.05, 0) is 24.1 Å². The zero-order valence-corrected chi connectivity index (χ0v) is 12.3. The summed E-state index contributed by atoms with van der Waals surface area (Å²) in [6, 6.07) is 3.45. The summed E-state index contributed by atoms with van der Waals surface area (Å²) in [5.41, 5.74) is -1.27. The molecule has 18 heavy (non-hydrogen) atoms. The molecule has 1 aromatic carbocycles. The third-order valence-electron chi connectivity index (χ3n) is 2.41. The van der Waals surface area contributed by atoms with Crippen LogP contribution in [-0.4, -0.2) is 21.6 Å². The van der Waals surface area contributed by atoms with E-state index < -0.39 is 23.9 Å². The molecule has 0 amide bonds. The van der Waals surface area contributed by atoms with Gasteiger partial charge in [-0.1, -0.05) is 37.9 Å². The van der Waals surface area contributed by atoms with Crippen molar-refractivity contribution in [1.29, 1.82) is 0 Å². The molecule has 0 heterocycles. The Morgan fingerprint density at radius 1 is 1.22 bits per heavy atom. The van der Waals surface area contributed by atoms with Crippen molar-refractivity contribution in [3.05, 3.63) is 33.8 Å². The fourth-order valence-electron chi connectivity index (χ4n) is 1.51. The third-order valence-corrected chi connectivity index (χ3v) is 3.36. The van der Waals surface area contributed by atoms with Gasteiger partial charge in [-0.3, -0.25) is 0 Å². The molecule has 7 heteroatoms. The summed E-state index contributed by atoms with van der Waals surface area (Å²) in [6.07, 6.45) is -7.22. The molecule has 0 aliphatic rings. The highest BCUT2D eigenvalue weighted by Gasteiger charge is 2.36. The van der Waals surface area contributed by atoms with Crippen LogP contribution in [-0.2, 0) is 6.18 Å². The molecule has 2 atom stereocenters. The summed E-state index contributed by atoms with van der Waals surface area (Å²) in [5, 5.41) is 19.7. The summed E-state index contributed by atoms with van der Waals surface area (Å²) in [7, 11) is 0. The van der Waals surface area contributed by atoms with Crippen LogP contribution in [0.5, 0.6) is 0 Å². The maximum Gasteiger partial charge on any atom is 0.416 e. The molecular formula is C11H11Br2F3O2. The lowest BCUT2D eigenvalue weighted by Crippen LogP contribution is -2.22. The summed E-state index contributed by atoms with van der Waals surface area (Å²) in [6.45, 7) is 0. The van der Waals surface area contributed by atoms with Crippen molar-refractivity contribution in [2.45, 2.75) is 24.8 Å². The van der Waals surface area contributed by atoms with Crippen LogP contribution in [0.2, 0.25) is 0 Å². The van der Waals surface area contributed by atoms with Gasteiger partial charge in [-0.15, -0.1) is 0 Å². The maximum absolute atomic E-state index is 12.8. The fraction of sp³-hybridized carbons (Fsp3) is 0.455. The van der Waals surface area contributed by atoms with Crippen LogP contribution in [0.4, 0.5) is 13.2 Å². The Kier molecular flexibility index (Phi) is 5.64. The topological polar surface area (TPSA) is 40.5 Å². The summed E-state index contributed by atoms with van der Waals surface area (Å²) < 4.78 is 38.7. The first-order valence-corrected chi connectivity index (χ1v) is 6.97. The van der Waals surface area contributed by atoms with Gasteiger partial charge in [0.25, 0.3) is 0 Å². The Morgan fingerprint density at radius 2 is 1.83 bits per heavy atom. The molecule has 0 aromatic heterocycles. The number of hydrogen-bond donors (Lipinski definition) is 2. The number of benzene rings is 1. The zero-order chi connectivity index (χ0) is 13.9. The second kappa shape index (κ2) is 6.36. The molecule has 2 unspecified atom stereocenters. The second-order valence-corrected chi connectivity index (χ2v) is 5.43. The minimum atomic E-state index is -4.58. The van der Waals surface area contributed by atoms with E-state index in [1.165, 1.54) is 6.07 Å². The molecular weight excluding hydrogens is 381 g/mol. The Hall–Kier alpha value is -0.110. The second-order valence-electron chi connectivity index (χ2n) is 3.72. The monoisotopic (exact) mass is 390 g/mol. The average Bonchev–Trinajstić information content (AvgIpc) is 2.27. The van der Waals surface area contributed by atoms with Crippen molar-refractivity contribution < 1.29 is 23.4 Å². The van der Waals surface area contributed by atoms with Crippen LogP contribution in [0.3, 0.4) is 0 Å². The molecule has 1 aromatic rings. The summed E-state index contributed by atoms with van der Waals surface area (Å²) in [5.74, 6) is 0. The molecule has 0 aliphatic carbocycles. The molecule has 0 spiro atoms. The van der Waals surface area contributed by atoms with Gasteiger partial charge < -0.3 is 10.2 Å². The van der Waals surface area contributed by atoms with E-state index in [9.17, 15) is 23.4 Å². The van der Waals surface area contributed by atoms with Gasteiger partial charge in [0, 0.05) is 9.80 Å². The molecule has 0 saturated heterocycles. The van der Waals surface area contributed by atoms with E-state index in [0.717, 1.165) is 12.1 Å². The van der Waals surface area contributed by atoms with Gasteiger partial charge in [0.15, 0.2) is 0 Å². The molecule has 0 fully saturated rings. The summed E-state index contributed by atoms with van der Waals surface area (Å²) >= 11 is 6.01. The van der Waals surface area contributed by atoms with Crippen LogP contribution in [0.1, 0.15) is 23.7 Å². The van der Waals surface area contributed by atoms with E-state index in [2.05, 4.69) is 31.9 Å². The number of aliphatic hydroxyl groups is 2. The lowest BCUT2D eigenvalue weighted by Gasteiger charge is -2.21. The van der Waals surface area contributed by atoms with Crippen molar-refractivity contribution in [3.8, 4) is 0 Å². The highest BCUT2D eigenvalue weighted by molar-refractivity contribution is 9.10. The SMILES string of the molecule is OC(CCBr)C(O)c1ccc(Br)cc1C(F)(F)F. The minimum Gasteiger partial charge on any atom is -0.390 e. The van der Waals surface area contributed by atoms with Gasteiger partial charge in [0.05, 0.1) is 11.7 Å². The molecule has 0 radical (unpaired) electrons. The third kappa shape index (κ3) is 3.94. The van der Waals surface area contributed by atoms with Crippen molar-refractivity contribution in [3.63, 3.8) is 0 Å². The first-order valence-electron chi connectivity index (χ1n) is 5.06. The average molecular weight is 392 g/mol. The molecule has 0 aliphatic heterocycles.